The van der Waals surface area contributed by atoms with Crippen LogP contribution in [0.25, 0.3) is 0 Å². The van der Waals surface area contributed by atoms with Crippen LogP contribution in [0.2, 0.25) is 0 Å². The van der Waals surface area contributed by atoms with Gasteiger partial charge in [-0.15, -0.1) is 0 Å². The minimum Gasteiger partial charge on any atom is -0.465 e. The van der Waals surface area contributed by atoms with Gasteiger partial charge in [0.15, 0.2) is 0 Å². The molecule has 0 saturated heterocycles. The fraction of sp³-hybridized carbons (Fsp3) is 0.947. The summed E-state index contributed by atoms with van der Waals surface area (Å²) >= 11 is 0. The number of hydrogen-bond donors (Lipinski definition) is 0. The Labute approximate surface area is 132 Å². The predicted molar refractivity (Wildman–Crippen MR) is 89.2 cm³/mol. The molecule has 2 heteroatoms. The smallest absolute Gasteiger partial charge is 0.312 e. The lowest BCUT2D eigenvalue weighted by atomic mass is 9.79. The molecule has 0 bridgehead atoms. The second-order valence-electron chi connectivity index (χ2n) is 8.90. The van der Waals surface area contributed by atoms with Gasteiger partial charge in [0.05, 0.1) is 12.0 Å². The molecule has 0 amide bonds. The topological polar surface area (TPSA) is 26.3 Å². The van der Waals surface area contributed by atoms with Crippen molar-refractivity contribution in [1.29, 1.82) is 0 Å². The van der Waals surface area contributed by atoms with E-state index in [0.29, 0.717) is 12.5 Å². The second-order valence-corrected chi connectivity index (χ2v) is 8.90. The van der Waals surface area contributed by atoms with Gasteiger partial charge in [0.2, 0.25) is 0 Å². The van der Waals surface area contributed by atoms with Crippen molar-refractivity contribution >= 4 is 5.97 Å². The third-order valence-electron chi connectivity index (χ3n) is 5.13. The van der Waals surface area contributed by atoms with Crippen LogP contribution in [-0.2, 0) is 9.53 Å². The SMILES string of the molecule is CCCCC(CC)COC(=O)C1(CC(C)(C)C)CC1(C)C. The maximum absolute atomic E-state index is 12.7. The summed E-state index contributed by atoms with van der Waals surface area (Å²) in [6.07, 6.45) is 6.62. The van der Waals surface area contributed by atoms with Gasteiger partial charge < -0.3 is 4.74 Å². The molecule has 0 N–H and O–H groups in total. The van der Waals surface area contributed by atoms with Crippen LogP contribution in [0.1, 0.15) is 87.0 Å². The summed E-state index contributed by atoms with van der Waals surface area (Å²) in [5.41, 5.74) is 0.0238. The minimum absolute atomic E-state index is 0.0531. The van der Waals surface area contributed by atoms with Crippen LogP contribution in [0.15, 0.2) is 0 Å². The molecule has 0 spiro atoms. The molecule has 0 radical (unpaired) electrons. The van der Waals surface area contributed by atoms with Gasteiger partial charge in [0.1, 0.15) is 0 Å². The van der Waals surface area contributed by atoms with E-state index in [2.05, 4.69) is 48.5 Å². The number of carbonyl (C=O) groups is 1. The molecule has 1 aliphatic carbocycles. The lowest BCUT2D eigenvalue weighted by molar-refractivity contribution is -0.154. The van der Waals surface area contributed by atoms with E-state index in [-0.39, 0.29) is 22.2 Å². The van der Waals surface area contributed by atoms with Crippen molar-refractivity contribution in [2.75, 3.05) is 6.61 Å². The highest BCUT2D eigenvalue weighted by molar-refractivity contribution is 5.81. The van der Waals surface area contributed by atoms with Gasteiger partial charge in [0, 0.05) is 0 Å². The van der Waals surface area contributed by atoms with Gasteiger partial charge >= 0.3 is 5.97 Å². The van der Waals surface area contributed by atoms with E-state index in [1.165, 1.54) is 19.3 Å². The molecular formula is C19H36O2. The Morgan fingerprint density at radius 3 is 2.19 bits per heavy atom. The molecule has 2 unspecified atom stereocenters. The highest BCUT2D eigenvalue weighted by Gasteiger charge is 2.67. The highest BCUT2D eigenvalue weighted by atomic mass is 16.5. The van der Waals surface area contributed by atoms with E-state index in [0.717, 1.165) is 19.3 Å². The van der Waals surface area contributed by atoms with Crippen LogP contribution >= 0.6 is 0 Å². The van der Waals surface area contributed by atoms with Gasteiger partial charge in [-0.2, -0.15) is 0 Å². The third kappa shape index (κ3) is 4.72. The zero-order valence-corrected chi connectivity index (χ0v) is 15.3. The van der Waals surface area contributed by atoms with Crippen LogP contribution in [-0.4, -0.2) is 12.6 Å². The summed E-state index contributed by atoms with van der Waals surface area (Å²) in [6.45, 7) is 16.1. The average Bonchev–Trinajstić information content (AvgIpc) is 2.89. The molecule has 1 aliphatic rings. The molecular weight excluding hydrogens is 260 g/mol. The minimum atomic E-state index is -0.242. The zero-order valence-electron chi connectivity index (χ0n) is 15.3. The molecule has 0 aromatic carbocycles. The molecule has 0 aromatic rings. The van der Waals surface area contributed by atoms with Crippen LogP contribution in [0, 0.1) is 22.2 Å². The number of carbonyl (C=O) groups excluding carboxylic acids is 1. The van der Waals surface area contributed by atoms with Crippen molar-refractivity contribution in [2.24, 2.45) is 22.2 Å². The Bertz CT molecular complexity index is 351. The van der Waals surface area contributed by atoms with Gasteiger partial charge in [-0.3, -0.25) is 4.79 Å². The van der Waals surface area contributed by atoms with Crippen LogP contribution < -0.4 is 0 Å². The molecule has 21 heavy (non-hydrogen) atoms. The van der Waals surface area contributed by atoms with E-state index in [1.807, 2.05) is 0 Å². The lowest BCUT2D eigenvalue weighted by Crippen LogP contribution is -2.30. The van der Waals surface area contributed by atoms with Crippen molar-refractivity contribution in [3.05, 3.63) is 0 Å². The van der Waals surface area contributed by atoms with Gasteiger partial charge in [-0.05, 0) is 36.0 Å². The molecule has 1 fully saturated rings. The first kappa shape index (κ1) is 18.5. The monoisotopic (exact) mass is 296 g/mol. The summed E-state index contributed by atoms with van der Waals surface area (Å²) in [5, 5.41) is 0. The van der Waals surface area contributed by atoms with Crippen LogP contribution in [0.5, 0.6) is 0 Å². The number of rotatable bonds is 8. The van der Waals surface area contributed by atoms with E-state index in [9.17, 15) is 4.79 Å². The maximum atomic E-state index is 12.7. The summed E-state index contributed by atoms with van der Waals surface area (Å²) in [7, 11) is 0. The first-order valence-corrected chi connectivity index (χ1v) is 8.75. The molecule has 1 rings (SSSR count). The van der Waals surface area contributed by atoms with E-state index < -0.39 is 0 Å². The van der Waals surface area contributed by atoms with Crippen LogP contribution in [0.4, 0.5) is 0 Å². The van der Waals surface area contributed by atoms with Crippen molar-refractivity contribution in [3.63, 3.8) is 0 Å². The summed E-state index contributed by atoms with van der Waals surface area (Å²) in [4.78, 5) is 12.7. The number of hydrogen-bond acceptors (Lipinski definition) is 2. The number of ether oxygens (including phenoxy) is 1. The Hall–Kier alpha value is -0.530. The Balaban J connectivity index is 2.60. The molecule has 0 heterocycles. The first-order chi connectivity index (χ1) is 9.58. The van der Waals surface area contributed by atoms with E-state index in [4.69, 9.17) is 4.74 Å². The highest BCUT2D eigenvalue weighted by Crippen LogP contribution is 2.68. The van der Waals surface area contributed by atoms with Crippen molar-refractivity contribution < 1.29 is 9.53 Å². The third-order valence-corrected chi connectivity index (χ3v) is 5.13. The predicted octanol–water partition coefficient (Wildman–Crippen LogP) is 5.60. The van der Waals surface area contributed by atoms with Gasteiger partial charge in [0.25, 0.3) is 0 Å². The quantitative estimate of drug-likeness (QED) is 0.545. The molecule has 124 valence electrons. The van der Waals surface area contributed by atoms with E-state index in [1.54, 1.807) is 0 Å². The molecule has 2 atom stereocenters. The number of unbranched alkanes of at least 4 members (excludes halogenated alkanes) is 1. The fourth-order valence-electron chi connectivity index (χ4n) is 3.57. The summed E-state index contributed by atoms with van der Waals surface area (Å²) in [6, 6.07) is 0. The first-order valence-electron chi connectivity index (χ1n) is 8.75. The molecule has 2 nitrogen and oxygen atoms in total. The van der Waals surface area contributed by atoms with E-state index >= 15 is 0 Å². The Kier molecular flexibility index (Phi) is 5.91. The maximum Gasteiger partial charge on any atom is 0.312 e. The van der Waals surface area contributed by atoms with Crippen molar-refractivity contribution in [2.45, 2.75) is 87.0 Å². The Morgan fingerprint density at radius 2 is 1.81 bits per heavy atom. The number of esters is 1. The largest absolute Gasteiger partial charge is 0.465 e. The average molecular weight is 296 g/mol. The zero-order chi connectivity index (χ0) is 16.3. The van der Waals surface area contributed by atoms with Crippen molar-refractivity contribution in [1.82, 2.24) is 0 Å². The van der Waals surface area contributed by atoms with Gasteiger partial charge in [-0.1, -0.05) is 67.7 Å². The van der Waals surface area contributed by atoms with Crippen molar-refractivity contribution in [3.8, 4) is 0 Å². The fourth-order valence-corrected chi connectivity index (χ4v) is 3.57. The molecule has 0 aromatic heterocycles. The Morgan fingerprint density at radius 1 is 1.24 bits per heavy atom. The standard InChI is InChI=1S/C19H36O2/c1-8-10-11-15(9-2)12-21-16(20)19(13-17(3,4)5)14-18(19,6)7/h15H,8-14H2,1-7H3. The molecule has 1 saturated carbocycles. The summed E-state index contributed by atoms with van der Waals surface area (Å²) < 4.78 is 5.76. The lowest BCUT2D eigenvalue weighted by Gasteiger charge is -2.28. The normalized spacial score (nSPS) is 25.5. The summed E-state index contributed by atoms with van der Waals surface area (Å²) in [5.74, 6) is 0.583. The second kappa shape index (κ2) is 6.71. The molecule has 0 aliphatic heterocycles. The van der Waals surface area contributed by atoms with Gasteiger partial charge in [-0.25, -0.2) is 0 Å². The van der Waals surface area contributed by atoms with Crippen LogP contribution in [0.3, 0.4) is 0 Å².